The van der Waals surface area contributed by atoms with E-state index >= 15 is 0 Å². The number of benzene rings is 1. The summed E-state index contributed by atoms with van der Waals surface area (Å²) < 4.78 is 15.4. The molecule has 1 N–H and O–H groups in total. The van der Waals surface area contributed by atoms with E-state index in [1.165, 1.54) is 12.1 Å². The lowest BCUT2D eigenvalue weighted by atomic mass is 10.0. The molecule has 1 aromatic carbocycles. The van der Waals surface area contributed by atoms with Crippen molar-refractivity contribution in [3.05, 3.63) is 45.9 Å². The molecule has 0 radical (unpaired) electrons. The van der Waals surface area contributed by atoms with Gasteiger partial charge in [0.2, 0.25) is 0 Å². The summed E-state index contributed by atoms with van der Waals surface area (Å²) >= 11 is 3.39. The summed E-state index contributed by atoms with van der Waals surface area (Å²) in [5, 5.41) is 11.3. The maximum absolute atomic E-state index is 13.0. The molecule has 0 amide bonds. The molecule has 0 bridgehead atoms. The van der Waals surface area contributed by atoms with Crippen LogP contribution in [0.2, 0.25) is 0 Å². The van der Waals surface area contributed by atoms with Crippen LogP contribution >= 0.6 is 15.9 Å². The van der Waals surface area contributed by atoms with Gasteiger partial charge in [-0.25, -0.2) is 9.07 Å². The average Bonchev–Trinajstić information content (AvgIpc) is 2.68. The average molecular weight is 313 g/mol. The van der Waals surface area contributed by atoms with E-state index in [1.54, 1.807) is 16.8 Å². The number of halogens is 2. The maximum atomic E-state index is 13.0. The zero-order valence-electron chi connectivity index (χ0n) is 10.2. The van der Waals surface area contributed by atoms with E-state index in [1.807, 2.05) is 14.0 Å². The summed E-state index contributed by atoms with van der Waals surface area (Å²) in [7, 11) is 1.83. The van der Waals surface area contributed by atoms with E-state index in [9.17, 15) is 4.39 Å². The van der Waals surface area contributed by atoms with Crippen LogP contribution in [0.4, 0.5) is 4.39 Å². The third kappa shape index (κ3) is 2.59. The first-order valence-electron chi connectivity index (χ1n) is 5.67. The second-order valence-corrected chi connectivity index (χ2v) is 4.68. The van der Waals surface area contributed by atoms with Crippen molar-refractivity contribution in [3.8, 4) is 0 Å². The van der Waals surface area contributed by atoms with Gasteiger partial charge in [0, 0.05) is 7.05 Å². The number of nitrogens with one attached hydrogen (secondary N) is 1. The molecular formula is C12H14BrFN4. The van der Waals surface area contributed by atoms with E-state index in [0.29, 0.717) is 4.60 Å². The minimum atomic E-state index is -0.240. The highest BCUT2D eigenvalue weighted by molar-refractivity contribution is 9.10. The van der Waals surface area contributed by atoms with Crippen molar-refractivity contribution in [2.24, 2.45) is 7.05 Å². The molecule has 2 aromatic rings. The highest BCUT2D eigenvalue weighted by Crippen LogP contribution is 2.26. The fourth-order valence-corrected chi connectivity index (χ4v) is 2.43. The van der Waals surface area contributed by atoms with Crippen LogP contribution in [0, 0.1) is 5.82 Å². The molecule has 1 unspecified atom stereocenters. The van der Waals surface area contributed by atoms with Crippen molar-refractivity contribution < 1.29 is 4.39 Å². The maximum Gasteiger partial charge on any atom is 0.153 e. The quantitative estimate of drug-likeness (QED) is 0.943. The van der Waals surface area contributed by atoms with Crippen LogP contribution in [0.25, 0.3) is 0 Å². The Labute approximate surface area is 113 Å². The van der Waals surface area contributed by atoms with E-state index in [-0.39, 0.29) is 11.9 Å². The molecule has 0 aliphatic heterocycles. The minimum Gasteiger partial charge on any atom is -0.305 e. The SMILES string of the molecule is CCNC(c1ccc(F)cc1)c1c(Br)nnn1C. The molecule has 18 heavy (non-hydrogen) atoms. The summed E-state index contributed by atoms with van der Waals surface area (Å²) in [4.78, 5) is 0. The summed E-state index contributed by atoms with van der Waals surface area (Å²) in [6, 6.07) is 6.38. The van der Waals surface area contributed by atoms with Crippen LogP contribution < -0.4 is 5.32 Å². The van der Waals surface area contributed by atoms with Crippen LogP contribution in [0.1, 0.15) is 24.2 Å². The molecule has 1 heterocycles. The fraction of sp³-hybridized carbons (Fsp3) is 0.333. The largest absolute Gasteiger partial charge is 0.305 e. The van der Waals surface area contributed by atoms with Crippen LogP contribution in [-0.4, -0.2) is 21.5 Å². The Hall–Kier alpha value is -1.27. The van der Waals surface area contributed by atoms with Crippen molar-refractivity contribution in [3.63, 3.8) is 0 Å². The summed E-state index contributed by atoms with van der Waals surface area (Å²) in [6.45, 7) is 2.81. The molecule has 4 nitrogen and oxygen atoms in total. The first-order chi connectivity index (χ1) is 8.63. The number of hydrogen-bond donors (Lipinski definition) is 1. The van der Waals surface area contributed by atoms with Crippen LogP contribution in [0.3, 0.4) is 0 Å². The van der Waals surface area contributed by atoms with Gasteiger partial charge in [-0.2, -0.15) is 0 Å². The first kappa shape index (κ1) is 13.2. The van der Waals surface area contributed by atoms with Gasteiger partial charge in [-0.1, -0.05) is 24.3 Å². The number of hydrogen-bond acceptors (Lipinski definition) is 3. The van der Waals surface area contributed by atoms with Crippen molar-refractivity contribution in [1.82, 2.24) is 20.3 Å². The van der Waals surface area contributed by atoms with Gasteiger partial charge in [-0.3, -0.25) is 0 Å². The Kier molecular flexibility index (Phi) is 4.08. The highest BCUT2D eigenvalue weighted by Gasteiger charge is 2.21. The molecule has 0 saturated carbocycles. The van der Waals surface area contributed by atoms with Crippen LogP contribution in [-0.2, 0) is 7.05 Å². The Morgan fingerprint density at radius 3 is 2.56 bits per heavy atom. The van der Waals surface area contributed by atoms with E-state index in [4.69, 9.17) is 0 Å². The molecule has 1 atom stereocenters. The molecule has 0 aliphatic rings. The fourth-order valence-electron chi connectivity index (χ4n) is 1.88. The Morgan fingerprint density at radius 2 is 2.06 bits per heavy atom. The molecule has 2 rings (SSSR count). The third-order valence-electron chi connectivity index (χ3n) is 2.71. The zero-order chi connectivity index (χ0) is 13.1. The number of aryl methyl sites for hydroxylation is 1. The monoisotopic (exact) mass is 312 g/mol. The second kappa shape index (κ2) is 5.58. The Bertz CT molecular complexity index is 504. The second-order valence-electron chi connectivity index (χ2n) is 3.93. The van der Waals surface area contributed by atoms with Gasteiger partial charge in [-0.05, 0) is 40.2 Å². The molecular weight excluding hydrogens is 299 g/mol. The number of nitrogens with zero attached hydrogens (tertiary/aromatic N) is 3. The van der Waals surface area contributed by atoms with Crippen LogP contribution in [0.15, 0.2) is 28.9 Å². The molecule has 0 aliphatic carbocycles. The predicted octanol–water partition coefficient (Wildman–Crippen LogP) is 2.42. The summed E-state index contributed by atoms with van der Waals surface area (Å²) in [5.41, 5.74) is 1.90. The smallest absolute Gasteiger partial charge is 0.153 e. The number of aromatic nitrogens is 3. The first-order valence-corrected chi connectivity index (χ1v) is 6.46. The van der Waals surface area contributed by atoms with E-state index in [2.05, 4.69) is 31.6 Å². The normalized spacial score (nSPS) is 12.7. The Balaban J connectivity index is 2.43. The Morgan fingerprint density at radius 1 is 1.39 bits per heavy atom. The molecule has 0 saturated heterocycles. The van der Waals surface area contributed by atoms with Crippen molar-refractivity contribution in [1.29, 1.82) is 0 Å². The van der Waals surface area contributed by atoms with Gasteiger partial charge in [-0.15, -0.1) is 5.10 Å². The summed E-state index contributed by atoms with van der Waals surface area (Å²) in [6.07, 6.45) is 0. The topological polar surface area (TPSA) is 42.7 Å². The summed E-state index contributed by atoms with van der Waals surface area (Å²) in [5.74, 6) is -0.240. The predicted molar refractivity (Wildman–Crippen MR) is 70.6 cm³/mol. The van der Waals surface area contributed by atoms with E-state index in [0.717, 1.165) is 17.8 Å². The molecule has 6 heteroatoms. The van der Waals surface area contributed by atoms with Crippen molar-refractivity contribution in [2.45, 2.75) is 13.0 Å². The highest BCUT2D eigenvalue weighted by atomic mass is 79.9. The van der Waals surface area contributed by atoms with Crippen molar-refractivity contribution in [2.75, 3.05) is 6.54 Å². The third-order valence-corrected chi connectivity index (χ3v) is 3.28. The standard InChI is InChI=1S/C12H14BrFN4/c1-3-15-10(8-4-6-9(14)7-5-8)11-12(13)16-17-18(11)2/h4-7,10,15H,3H2,1-2H3. The molecule has 1 aromatic heterocycles. The van der Waals surface area contributed by atoms with Gasteiger partial charge < -0.3 is 5.32 Å². The van der Waals surface area contributed by atoms with Gasteiger partial charge >= 0.3 is 0 Å². The molecule has 96 valence electrons. The van der Waals surface area contributed by atoms with Crippen molar-refractivity contribution >= 4 is 15.9 Å². The van der Waals surface area contributed by atoms with Gasteiger partial charge in [0.1, 0.15) is 5.82 Å². The van der Waals surface area contributed by atoms with Crippen LogP contribution in [0.5, 0.6) is 0 Å². The molecule has 0 fully saturated rings. The van der Waals surface area contributed by atoms with Gasteiger partial charge in [0.15, 0.2) is 4.60 Å². The van der Waals surface area contributed by atoms with Gasteiger partial charge in [0.25, 0.3) is 0 Å². The lowest BCUT2D eigenvalue weighted by Crippen LogP contribution is -2.24. The minimum absolute atomic E-state index is 0.0648. The lowest BCUT2D eigenvalue weighted by Gasteiger charge is -2.18. The lowest BCUT2D eigenvalue weighted by molar-refractivity contribution is 0.564. The van der Waals surface area contributed by atoms with E-state index < -0.39 is 0 Å². The van der Waals surface area contributed by atoms with Gasteiger partial charge in [0.05, 0.1) is 11.7 Å². The zero-order valence-corrected chi connectivity index (χ0v) is 11.8. The number of rotatable bonds is 4. The molecule has 0 spiro atoms.